The van der Waals surface area contributed by atoms with Crippen molar-refractivity contribution in [3.05, 3.63) is 89.5 Å². The molecule has 9 heteroatoms. The Hall–Kier alpha value is -3.85. The SMILES string of the molecule is CCCCc1ccc(NS(=O)(=O)c2cccc(C(=O)NCc3ccc(NC(N)=O)cc3)c2)cc1. The van der Waals surface area contributed by atoms with Crippen molar-refractivity contribution in [2.75, 3.05) is 10.0 Å². The van der Waals surface area contributed by atoms with Crippen LogP contribution in [0.15, 0.2) is 77.7 Å². The third-order valence-corrected chi connectivity index (χ3v) is 6.49. The van der Waals surface area contributed by atoms with Crippen LogP contribution in [-0.2, 0) is 23.0 Å². The molecule has 0 spiro atoms. The number of benzene rings is 3. The summed E-state index contributed by atoms with van der Waals surface area (Å²) in [7, 11) is -3.86. The normalized spacial score (nSPS) is 11.0. The first-order valence-corrected chi connectivity index (χ1v) is 12.4. The first kappa shape index (κ1) is 24.8. The minimum atomic E-state index is -3.86. The molecule has 3 amide bonds. The van der Waals surface area contributed by atoms with Gasteiger partial charge in [-0.25, -0.2) is 13.2 Å². The van der Waals surface area contributed by atoms with Gasteiger partial charge < -0.3 is 16.4 Å². The van der Waals surface area contributed by atoms with Crippen LogP contribution in [-0.4, -0.2) is 20.4 Å². The average Bonchev–Trinajstić information content (AvgIpc) is 2.82. The van der Waals surface area contributed by atoms with Crippen LogP contribution in [0.5, 0.6) is 0 Å². The zero-order valence-corrected chi connectivity index (χ0v) is 19.7. The van der Waals surface area contributed by atoms with Crippen molar-refractivity contribution < 1.29 is 18.0 Å². The molecule has 0 aliphatic heterocycles. The smallest absolute Gasteiger partial charge is 0.316 e. The standard InChI is InChI=1S/C25H28N4O4S/c1-2-3-5-18-8-14-22(15-9-18)29-34(32,33)23-7-4-6-20(16-23)24(30)27-17-19-10-12-21(13-11-19)28-25(26)31/h4,6-16,29H,2-3,5,17H2,1H3,(H,27,30)(H3,26,28,31). The van der Waals surface area contributed by atoms with Gasteiger partial charge in [-0.2, -0.15) is 0 Å². The van der Waals surface area contributed by atoms with Crippen LogP contribution < -0.4 is 21.1 Å². The number of rotatable bonds is 10. The number of anilines is 2. The fraction of sp³-hybridized carbons (Fsp3) is 0.200. The summed E-state index contributed by atoms with van der Waals surface area (Å²) in [5.41, 5.74) is 8.27. The zero-order valence-electron chi connectivity index (χ0n) is 18.9. The molecule has 3 rings (SSSR count). The van der Waals surface area contributed by atoms with E-state index in [1.54, 1.807) is 42.5 Å². The lowest BCUT2D eigenvalue weighted by Gasteiger charge is -2.11. The van der Waals surface area contributed by atoms with Gasteiger partial charge in [0, 0.05) is 23.5 Å². The largest absolute Gasteiger partial charge is 0.351 e. The molecule has 0 unspecified atom stereocenters. The number of nitrogens with two attached hydrogens (primary N) is 1. The molecule has 0 saturated carbocycles. The Labute approximate surface area is 199 Å². The third kappa shape index (κ3) is 7.08. The lowest BCUT2D eigenvalue weighted by atomic mass is 10.1. The fourth-order valence-electron chi connectivity index (χ4n) is 3.27. The predicted octanol–water partition coefficient (Wildman–Crippen LogP) is 4.25. The Balaban J connectivity index is 1.63. The molecule has 0 aliphatic carbocycles. The predicted molar refractivity (Wildman–Crippen MR) is 133 cm³/mol. The summed E-state index contributed by atoms with van der Waals surface area (Å²) in [5.74, 6) is -0.406. The van der Waals surface area contributed by atoms with Gasteiger partial charge in [-0.05, 0) is 66.4 Å². The second-order valence-corrected chi connectivity index (χ2v) is 9.49. The molecule has 0 aromatic heterocycles. The maximum absolute atomic E-state index is 12.8. The Kier molecular flexibility index (Phi) is 8.26. The van der Waals surface area contributed by atoms with Crippen molar-refractivity contribution in [3.8, 4) is 0 Å². The number of sulfonamides is 1. The van der Waals surface area contributed by atoms with Crippen LogP contribution in [0.25, 0.3) is 0 Å². The quantitative estimate of drug-likeness (QED) is 0.345. The highest BCUT2D eigenvalue weighted by Crippen LogP contribution is 2.19. The van der Waals surface area contributed by atoms with Crippen LogP contribution >= 0.6 is 0 Å². The van der Waals surface area contributed by atoms with Crippen molar-refractivity contribution in [2.45, 2.75) is 37.6 Å². The number of hydrogen-bond acceptors (Lipinski definition) is 4. The molecule has 0 bridgehead atoms. The fourth-order valence-corrected chi connectivity index (χ4v) is 4.38. The maximum Gasteiger partial charge on any atom is 0.316 e. The highest BCUT2D eigenvalue weighted by molar-refractivity contribution is 7.92. The van der Waals surface area contributed by atoms with Gasteiger partial charge in [-0.1, -0.05) is 43.7 Å². The first-order valence-electron chi connectivity index (χ1n) is 10.9. The van der Waals surface area contributed by atoms with Crippen LogP contribution in [0.2, 0.25) is 0 Å². The van der Waals surface area contributed by atoms with Crippen LogP contribution in [0.3, 0.4) is 0 Å². The lowest BCUT2D eigenvalue weighted by molar-refractivity contribution is 0.0950. The van der Waals surface area contributed by atoms with Gasteiger partial charge in [-0.15, -0.1) is 0 Å². The van der Waals surface area contributed by atoms with Crippen LogP contribution in [0.1, 0.15) is 41.3 Å². The van der Waals surface area contributed by atoms with E-state index in [4.69, 9.17) is 5.73 Å². The summed E-state index contributed by atoms with van der Waals surface area (Å²) in [4.78, 5) is 23.5. The third-order valence-electron chi connectivity index (χ3n) is 5.11. The molecule has 0 fully saturated rings. The molecule has 8 nitrogen and oxygen atoms in total. The molecular formula is C25H28N4O4S. The van der Waals surface area contributed by atoms with E-state index < -0.39 is 22.0 Å². The van der Waals surface area contributed by atoms with E-state index in [-0.39, 0.29) is 17.0 Å². The Morgan fingerprint density at radius 2 is 1.53 bits per heavy atom. The number of carbonyl (C=O) groups is 2. The van der Waals surface area contributed by atoms with Crippen molar-refractivity contribution in [2.24, 2.45) is 5.73 Å². The highest BCUT2D eigenvalue weighted by atomic mass is 32.2. The van der Waals surface area contributed by atoms with E-state index in [1.807, 2.05) is 12.1 Å². The van der Waals surface area contributed by atoms with E-state index in [1.165, 1.54) is 18.2 Å². The number of aryl methyl sites for hydroxylation is 1. The molecule has 3 aromatic rings. The van der Waals surface area contributed by atoms with Crippen molar-refractivity contribution in [1.82, 2.24) is 5.32 Å². The molecular weight excluding hydrogens is 452 g/mol. The number of urea groups is 1. The zero-order chi connectivity index (χ0) is 24.6. The number of carbonyl (C=O) groups excluding carboxylic acids is 2. The molecule has 0 heterocycles. The number of unbranched alkanes of at least 4 members (excludes halogenated alkanes) is 1. The molecule has 0 saturated heterocycles. The summed E-state index contributed by atoms with van der Waals surface area (Å²) < 4.78 is 28.2. The van der Waals surface area contributed by atoms with E-state index in [0.717, 1.165) is 30.4 Å². The summed E-state index contributed by atoms with van der Waals surface area (Å²) in [6.07, 6.45) is 3.13. The summed E-state index contributed by atoms with van der Waals surface area (Å²) in [5, 5.41) is 5.22. The van der Waals surface area contributed by atoms with E-state index >= 15 is 0 Å². The Morgan fingerprint density at radius 1 is 0.882 bits per heavy atom. The second-order valence-electron chi connectivity index (χ2n) is 7.80. The number of nitrogens with one attached hydrogen (secondary N) is 3. The van der Waals surface area contributed by atoms with Gasteiger partial charge in [0.15, 0.2) is 0 Å². The molecule has 0 radical (unpaired) electrons. The summed E-state index contributed by atoms with van der Waals surface area (Å²) >= 11 is 0. The van der Waals surface area contributed by atoms with Gasteiger partial charge in [-0.3, -0.25) is 9.52 Å². The van der Waals surface area contributed by atoms with Gasteiger partial charge in [0.1, 0.15) is 0 Å². The molecule has 178 valence electrons. The maximum atomic E-state index is 12.8. The van der Waals surface area contributed by atoms with Crippen molar-refractivity contribution >= 4 is 33.3 Å². The van der Waals surface area contributed by atoms with Gasteiger partial charge in [0.05, 0.1) is 4.90 Å². The van der Waals surface area contributed by atoms with Gasteiger partial charge in [0.25, 0.3) is 15.9 Å². The molecule has 0 atom stereocenters. The minimum absolute atomic E-state index is 0.00270. The van der Waals surface area contributed by atoms with Gasteiger partial charge in [0.2, 0.25) is 0 Å². The number of amides is 3. The minimum Gasteiger partial charge on any atom is -0.351 e. The van der Waals surface area contributed by atoms with Crippen LogP contribution in [0, 0.1) is 0 Å². The Morgan fingerprint density at radius 3 is 2.18 bits per heavy atom. The molecule has 0 aliphatic rings. The topological polar surface area (TPSA) is 130 Å². The van der Waals surface area contributed by atoms with E-state index in [0.29, 0.717) is 11.4 Å². The number of primary amides is 1. The van der Waals surface area contributed by atoms with E-state index in [2.05, 4.69) is 22.3 Å². The van der Waals surface area contributed by atoms with Crippen molar-refractivity contribution in [3.63, 3.8) is 0 Å². The van der Waals surface area contributed by atoms with Crippen LogP contribution in [0.4, 0.5) is 16.2 Å². The lowest BCUT2D eigenvalue weighted by Crippen LogP contribution is -2.23. The molecule has 3 aromatic carbocycles. The number of hydrogen-bond donors (Lipinski definition) is 4. The highest BCUT2D eigenvalue weighted by Gasteiger charge is 2.16. The van der Waals surface area contributed by atoms with Crippen molar-refractivity contribution in [1.29, 1.82) is 0 Å². The molecule has 5 N–H and O–H groups in total. The summed E-state index contributed by atoms with van der Waals surface area (Å²) in [6.45, 7) is 2.36. The van der Waals surface area contributed by atoms with Gasteiger partial charge >= 0.3 is 6.03 Å². The first-order chi connectivity index (χ1) is 16.3. The van der Waals surface area contributed by atoms with E-state index in [9.17, 15) is 18.0 Å². The Bertz CT molecular complexity index is 1240. The monoisotopic (exact) mass is 480 g/mol. The molecule has 34 heavy (non-hydrogen) atoms. The second kappa shape index (κ2) is 11.3. The summed E-state index contributed by atoms with van der Waals surface area (Å²) in [6, 6.07) is 19.3. The average molecular weight is 481 g/mol.